The molecule has 0 aliphatic carbocycles. The molecule has 12 nitrogen and oxygen atoms in total. The minimum absolute atomic E-state index is 0.0617. The molecule has 0 aromatic carbocycles. The first-order valence-corrected chi connectivity index (χ1v) is 9.20. The number of hydrogen-bond acceptors (Lipinski definition) is 10. The molecule has 2 N–H and O–H groups in total. The number of aromatic amines is 1. The number of aliphatic hydroxyl groups excluding tert-OH is 1. The molecule has 162 valence electrons. The molecule has 2 rings (SSSR count). The number of aliphatic hydroxyl groups is 1. The lowest BCUT2D eigenvalue weighted by Crippen LogP contribution is -2.30. The predicted molar refractivity (Wildman–Crippen MR) is 105 cm³/mol. The number of carbonyl (C=O) groups excluding carboxylic acids is 2. The molecule has 12 heteroatoms. The summed E-state index contributed by atoms with van der Waals surface area (Å²) in [6, 6.07) is 0. The van der Waals surface area contributed by atoms with Crippen LogP contribution in [0.15, 0.2) is 26.5 Å². The van der Waals surface area contributed by atoms with Crippen LogP contribution in [0.3, 0.4) is 0 Å². The van der Waals surface area contributed by atoms with Crippen molar-refractivity contribution in [1.29, 1.82) is 0 Å². The Balaban J connectivity index is 2.71. The van der Waals surface area contributed by atoms with E-state index in [4.69, 9.17) is 9.47 Å². The third kappa shape index (κ3) is 4.53. The van der Waals surface area contributed by atoms with Gasteiger partial charge in [0.2, 0.25) is 5.70 Å². The number of rotatable bonds is 6. The van der Waals surface area contributed by atoms with Crippen LogP contribution >= 0.6 is 0 Å². The van der Waals surface area contributed by atoms with E-state index in [2.05, 4.69) is 25.5 Å². The summed E-state index contributed by atoms with van der Waals surface area (Å²) in [5.41, 5.74) is -1.72. The van der Waals surface area contributed by atoms with E-state index < -0.39 is 34.4 Å². The number of carbonyl (C=O) groups is 2. The summed E-state index contributed by atoms with van der Waals surface area (Å²) in [6.45, 7) is 9.94. The number of hydrogen-bond donors (Lipinski definition) is 2. The van der Waals surface area contributed by atoms with Gasteiger partial charge < -0.3 is 14.6 Å². The Bertz CT molecular complexity index is 1090. The molecular weight excluding hydrogens is 396 g/mol. The molecule has 0 saturated heterocycles. The highest BCUT2D eigenvalue weighted by molar-refractivity contribution is 6.00. The monoisotopic (exact) mass is 420 g/mol. The Labute approximate surface area is 171 Å². The van der Waals surface area contributed by atoms with Crippen molar-refractivity contribution in [2.45, 2.75) is 47.0 Å². The Kier molecular flexibility index (Phi) is 6.70. The second-order valence-electron chi connectivity index (χ2n) is 7.17. The molecule has 0 radical (unpaired) electrons. The molecule has 0 fully saturated rings. The largest absolute Gasteiger partial charge is 0.510 e. The summed E-state index contributed by atoms with van der Waals surface area (Å²) in [4.78, 5) is 37.2. The van der Waals surface area contributed by atoms with Gasteiger partial charge in [0.25, 0.3) is 5.56 Å². The number of H-pyrrole nitrogens is 1. The lowest BCUT2D eigenvalue weighted by Gasteiger charge is -2.15. The number of nitrogens with one attached hydrogen (secondary N) is 1. The Morgan fingerprint density at radius 2 is 1.80 bits per heavy atom. The maximum Gasteiger partial charge on any atom is 0.362 e. The van der Waals surface area contributed by atoms with Gasteiger partial charge in [0, 0.05) is 5.41 Å². The summed E-state index contributed by atoms with van der Waals surface area (Å²) < 4.78 is 10.8. The molecule has 0 saturated carbocycles. The molecule has 0 spiro atoms. The first-order valence-electron chi connectivity index (χ1n) is 9.20. The Hall–Kier alpha value is -3.57. The van der Waals surface area contributed by atoms with Crippen molar-refractivity contribution in [1.82, 2.24) is 19.8 Å². The average Bonchev–Trinajstić information content (AvgIpc) is 3.00. The fourth-order valence-corrected chi connectivity index (χ4v) is 2.41. The van der Waals surface area contributed by atoms with Crippen LogP contribution < -0.4 is 5.56 Å². The fourth-order valence-electron chi connectivity index (χ4n) is 2.41. The van der Waals surface area contributed by atoms with Crippen LogP contribution in [0.2, 0.25) is 0 Å². The van der Waals surface area contributed by atoms with E-state index in [0.29, 0.717) is 0 Å². The highest BCUT2D eigenvalue weighted by Crippen LogP contribution is 2.24. The fraction of sp³-hybridized carbons (Fsp3) is 0.500. The minimum atomic E-state index is -0.901. The van der Waals surface area contributed by atoms with Gasteiger partial charge in [-0.1, -0.05) is 20.8 Å². The summed E-state index contributed by atoms with van der Waals surface area (Å²) >= 11 is 0. The van der Waals surface area contributed by atoms with Crippen molar-refractivity contribution in [2.24, 2.45) is 10.2 Å². The van der Waals surface area contributed by atoms with Crippen LogP contribution in [0.4, 0.5) is 5.82 Å². The van der Waals surface area contributed by atoms with Crippen LogP contribution in [-0.2, 0) is 19.7 Å². The van der Waals surface area contributed by atoms with Gasteiger partial charge in [0.1, 0.15) is 11.5 Å². The topological polar surface area (TPSA) is 161 Å². The normalized spacial score (nSPS) is 12.9. The van der Waals surface area contributed by atoms with Crippen LogP contribution in [0.25, 0.3) is 5.65 Å². The number of aromatic nitrogens is 4. The number of nitrogens with zero attached hydrogens (tertiary/aromatic N) is 5. The van der Waals surface area contributed by atoms with Crippen LogP contribution in [0, 0.1) is 0 Å². The van der Waals surface area contributed by atoms with Crippen LogP contribution in [0.1, 0.15) is 57.6 Å². The van der Waals surface area contributed by atoms with Crippen molar-refractivity contribution < 1.29 is 24.2 Å². The van der Waals surface area contributed by atoms with E-state index in [1.165, 1.54) is 6.92 Å². The van der Waals surface area contributed by atoms with Crippen molar-refractivity contribution in [3.63, 3.8) is 0 Å². The maximum atomic E-state index is 12.8. The molecule has 0 aliphatic heterocycles. The van der Waals surface area contributed by atoms with Gasteiger partial charge in [-0.05, 0) is 20.8 Å². The van der Waals surface area contributed by atoms with E-state index in [0.717, 1.165) is 4.52 Å². The quantitative estimate of drug-likeness (QED) is 0.311. The highest BCUT2D eigenvalue weighted by atomic mass is 16.5. The van der Waals surface area contributed by atoms with E-state index in [-0.39, 0.29) is 35.9 Å². The van der Waals surface area contributed by atoms with Crippen LogP contribution in [-0.4, -0.2) is 50.1 Å². The zero-order valence-electron chi connectivity index (χ0n) is 17.6. The molecule has 2 heterocycles. The second-order valence-corrected chi connectivity index (χ2v) is 7.17. The summed E-state index contributed by atoms with van der Waals surface area (Å²) in [7, 11) is 0. The summed E-state index contributed by atoms with van der Waals surface area (Å²) in [6.07, 6.45) is 0. The average molecular weight is 420 g/mol. The first kappa shape index (κ1) is 22.7. The van der Waals surface area contributed by atoms with Gasteiger partial charge >= 0.3 is 11.9 Å². The number of esters is 2. The van der Waals surface area contributed by atoms with Crippen molar-refractivity contribution >= 4 is 23.4 Å². The van der Waals surface area contributed by atoms with E-state index >= 15 is 0 Å². The van der Waals surface area contributed by atoms with Crippen LogP contribution in [0.5, 0.6) is 0 Å². The molecule has 30 heavy (non-hydrogen) atoms. The summed E-state index contributed by atoms with van der Waals surface area (Å²) in [5, 5.41) is 27.8. The van der Waals surface area contributed by atoms with Gasteiger partial charge in [0.15, 0.2) is 17.0 Å². The molecule has 0 aliphatic rings. The van der Waals surface area contributed by atoms with Gasteiger partial charge in [-0.2, -0.15) is 4.52 Å². The summed E-state index contributed by atoms with van der Waals surface area (Å²) in [5.74, 6) is -2.35. The molecular formula is C18H24N6O6. The van der Waals surface area contributed by atoms with E-state index in [1.807, 2.05) is 0 Å². The van der Waals surface area contributed by atoms with Crippen molar-refractivity contribution in [3.8, 4) is 0 Å². The maximum absolute atomic E-state index is 12.8. The second kappa shape index (κ2) is 8.84. The van der Waals surface area contributed by atoms with Gasteiger partial charge in [-0.3, -0.25) is 9.89 Å². The predicted octanol–water partition coefficient (Wildman–Crippen LogP) is 2.33. The number of allylic oxidation sites excluding steroid dienone is 1. The van der Waals surface area contributed by atoms with Crippen molar-refractivity contribution in [3.05, 3.63) is 33.1 Å². The standard InChI is InChI=1S/C18H24N6O6/c1-7-29-16(27)10-13(21-19-11(9(3)25)17(28)30-8-2)23-24-14(10)22-20-12(15(24)26)18(4,5)6/h23,25H,7-8H2,1-6H3/b11-9-,21-19?. The molecule has 2 aromatic heterocycles. The highest BCUT2D eigenvalue weighted by Gasteiger charge is 2.28. The van der Waals surface area contributed by atoms with Gasteiger partial charge in [-0.15, -0.1) is 20.4 Å². The molecule has 0 unspecified atom stereocenters. The number of ether oxygens (including phenoxy) is 2. The van der Waals surface area contributed by atoms with Gasteiger partial charge in [-0.25, -0.2) is 9.59 Å². The van der Waals surface area contributed by atoms with E-state index in [1.54, 1.807) is 34.6 Å². The SMILES string of the molecule is CCOC(=O)/C(N=Nc1[nH]n2c(=O)c(C(C)(C)C)nnc2c1C(=O)OCC)=C(\C)O. The first-order chi connectivity index (χ1) is 14.0. The smallest absolute Gasteiger partial charge is 0.362 e. The zero-order valence-corrected chi connectivity index (χ0v) is 17.6. The molecule has 0 bridgehead atoms. The number of fused-ring (bicyclic) bond motifs is 1. The third-order valence-corrected chi connectivity index (χ3v) is 3.79. The van der Waals surface area contributed by atoms with E-state index in [9.17, 15) is 19.5 Å². The Morgan fingerprint density at radius 1 is 1.17 bits per heavy atom. The van der Waals surface area contributed by atoms with Crippen molar-refractivity contribution in [2.75, 3.05) is 13.2 Å². The Morgan fingerprint density at radius 3 is 2.33 bits per heavy atom. The number of azo groups is 1. The zero-order chi connectivity index (χ0) is 22.6. The lowest BCUT2D eigenvalue weighted by molar-refractivity contribution is -0.138. The molecule has 2 aromatic rings. The molecule has 0 atom stereocenters. The third-order valence-electron chi connectivity index (χ3n) is 3.79. The lowest BCUT2D eigenvalue weighted by atomic mass is 9.93. The minimum Gasteiger partial charge on any atom is -0.510 e. The molecule has 0 amide bonds. The van der Waals surface area contributed by atoms with Gasteiger partial charge in [0.05, 0.1) is 13.2 Å².